The van der Waals surface area contributed by atoms with Gasteiger partial charge in [0.1, 0.15) is 22.8 Å². The molecule has 4 atom stereocenters. The zero-order chi connectivity index (χ0) is 30.8. The third kappa shape index (κ3) is 4.34. The lowest BCUT2D eigenvalue weighted by molar-refractivity contribution is -0.153. The summed E-state index contributed by atoms with van der Waals surface area (Å²) in [5.74, 6) is -7.66. The van der Waals surface area contributed by atoms with Crippen molar-refractivity contribution in [2.75, 3.05) is 45.0 Å². The molecule has 0 saturated heterocycles. The first kappa shape index (κ1) is 29.5. The lowest BCUT2D eigenvalue weighted by Crippen LogP contribution is -2.65. The Balaban J connectivity index is 1.62. The van der Waals surface area contributed by atoms with Gasteiger partial charge in [-0.25, -0.2) is 0 Å². The van der Waals surface area contributed by atoms with Crippen LogP contribution < -0.4 is 21.3 Å². The number of nitrogens with two attached hydrogens (primary N) is 1. The number of carbonyl (C=O) groups is 4. The minimum Gasteiger partial charge on any atom is -0.508 e. The van der Waals surface area contributed by atoms with Gasteiger partial charge in [0.15, 0.2) is 11.4 Å². The van der Waals surface area contributed by atoms with Gasteiger partial charge in [0.2, 0.25) is 11.7 Å². The summed E-state index contributed by atoms with van der Waals surface area (Å²) in [6, 6.07) is 0.704. The SMILES string of the molecule is CN(C)c1cc(NC(=O)CNC2CCC2)c(O)c2c1CC1CC3[C@H](N(C)C)C(=O)C(C(N)=O)=C(O)C3(O)C(=O)C1=C2O. The van der Waals surface area contributed by atoms with Crippen LogP contribution in [0.3, 0.4) is 0 Å². The largest absolute Gasteiger partial charge is 0.508 e. The Bertz CT molecular complexity index is 1460. The average molecular weight is 584 g/mol. The Kier molecular flexibility index (Phi) is 7.32. The zero-order valence-corrected chi connectivity index (χ0v) is 24.0. The molecule has 0 aromatic heterocycles. The number of fused-ring (bicyclic) bond motifs is 3. The van der Waals surface area contributed by atoms with Crippen molar-refractivity contribution < 1.29 is 39.6 Å². The van der Waals surface area contributed by atoms with Crippen LogP contribution in [0.25, 0.3) is 5.76 Å². The van der Waals surface area contributed by atoms with Gasteiger partial charge >= 0.3 is 0 Å². The van der Waals surface area contributed by atoms with Gasteiger partial charge in [-0.15, -0.1) is 0 Å². The fourth-order valence-electron chi connectivity index (χ4n) is 6.83. The second-order valence-electron chi connectivity index (χ2n) is 12.1. The van der Waals surface area contributed by atoms with Gasteiger partial charge in [-0.2, -0.15) is 0 Å². The summed E-state index contributed by atoms with van der Waals surface area (Å²) in [6.45, 7) is 0.0279. The fourth-order valence-corrected chi connectivity index (χ4v) is 6.83. The first-order chi connectivity index (χ1) is 19.7. The van der Waals surface area contributed by atoms with E-state index in [4.69, 9.17) is 5.73 Å². The molecule has 226 valence electrons. The number of rotatable bonds is 7. The van der Waals surface area contributed by atoms with Crippen molar-refractivity contribution in [2.45, 2.75) is 49.8 Å². The Hall–Kier alpha value is -3.94. The number of primary amides is 1. The minimum atomic E-state index is -2.72. The summed E-state index contributed by atoms with van der Waals surface area (Å²) in [4.78, 5) is 55.3. The number of benzene rings is 1. The molecule has 0 radical (unpaired) electrons. The standard InChI is InChI=1S/C29H37N5O8/c1-33(2)17-10-16(32-18(35)11-31-13-6-5-7-13)23(36)20-14(17)8-12-9-15-22(34(3)4)25(38)21(28(30)41)27(40)29(15,42)26(39)19(12)24(20)37/h10,12-13,15,22,31,36-37,40,42H,5-9,11H2,1-4H3,(H2,30,41)(H,32,35)/t12?,15?,22-,29?/m0/s1. The Labute approximate surface area is 242 Å². The van der Waals surface area contributed by atoms with Gasteiger partial charge < -0.3 is 41.7 Å². The summed E-state index contributed by atoms with van der Waals surface area (Å²) >= 11 is 0. The zero-order valence-electron chi connectivity index (χ0n) is 24.0. The highest BCUT2D eigenvalue weighted by molar-refractivity contribution is 6.24. The van der Waals surface area contributed by atoms with Crippen LogP contribution in [-0.2, 0) is 25.6 Å². The third-order valence-electron chi connectivity index (χ3n) is 9.11. The van der Waals surface area contributed by atoms with Gasteiger partial charge in [0.25, 0.3) is 5.91 Å². The van der Waals surface area contributed by atoms with Crippen LogP contribution in [0.1, 0.15) is 36.8 Å². The first-order valence-corrected chi connectivity index (χ1v) is 13.9. The summed E-state index contributed by atoms with van der Waals surface area (Å²) in [6.07, 6.45) is 3.21. The number of aliphatic hydroxyl groups is 3. The van der Waals surface area contributed by atoms with Crippen LogP contribution in [-0.4, -0.2) is 101 Å². The molecule has 5 rings (SSSR count). The van der Waals surface area contributed by atoms with Crippen molar-refractivity contribution >= 4 is 40.5 Å². The maximum absolute atomic E-state index is 14.1. The molecule has 0 spiro atoms. The highest BCUT2D eigenvalue weighted by atomic mass is 16.3. The molecule has 13 nitrogen and oxygen atoms in total. The molecule has 4 aliphatic rings. The summed E-state index contributed by atoms with van der Waals surface area (Å²) in [7, 11) is 6.61. The molecule has 8 N–H and O–H groups in total. The molecular formula is C29H37N5O8. The molecule has 4 aliphatic carbocycles. The third-order valence-corrected chi connectivity index (χ3v) is 9.11. The maximum Gasteiger partial charge on any atom is 0.255 e. The monoisotopic (exact) mass is 583 g/mol. The smallest absolute Gasteiger partial charge is 0.255 e. The van der Waals surface area contributed by atoms with Crippen molar-refractivity contribution in [2.24, 2.45) is 17.6 Å². The molecule has 13 heteroatoms. The van der Waals surface area contributed by atoms with Crippen molar-refractivity contribution in [3.8, 4) is 5.75 Å². The van der Waals surface area contributed by atoms with Crippen molar-refractivity contribution in [1.82, 2.24) is 10.2 Å². The van der Waals surface area contributed by atoms with Crippen LogP contribution in [0, 0.1) is 11.8 Å². The number of aliphatic hydroxyl groups excluding tert-OH is 2. The second-order valence-corrected chi connectivity index (χ2v) is 12.1. The van der Waals surface area contributed by atoms with Gasteiger partial charge in [-0.3, -0.25) is 24.1 Å². The van der Waals surface area contributed by atoms with Crippen LogP contribution >= 0.6 is 0 Å². The van der Waals surface area contributed by atoms with Crippen molar-refractivity contribution in [1.29, 1.82) is 0 Å². The quantitative estimate of drug-likeness (QED) is 0.169. The predicted octanol–water partition coefficient (Wildman–Crippen LogP) is 0.111. The number of likely N-dealkylation sites (N-methyl/N-ethyl adjacent to an activating group) is 1. The van der Waals surface area contributed by atoms with E-state index in [9.17, 15) is 39.6 Å². The summed E-state index contributed by atoms with van der Waals surface area (Å²) in [5, 5.41) is 51.4. The van der Waals surface area contributed by atoms with Crippen LogP contribution in [0.5, 0.6) is 5.75 Å². The van der Waals surface area contributed by atoms with Gasteiger partial charge in [-0.05, 0) is 57.3 Å². The van der Waals surface area contributed by atoms with Gasteiger partial charge in [0, 0.05) is 37.3 Å². The van der Waals surface area contributed by atoms with Crippen LogP contribution in [0.15, 0.2) is 23.0 Å². The van der Waals surface area contributed by atoms with E-state index < -0.39 is 69.7 Å². The molecule has 2 amide bonds. The van der Waals surface area contributed by atoms with E-state index in [-0.39, 0.29) is 42.3 Å². The molecule has 0 bridgehead atoms. The van der Waals surface area contributed by atoms with E-state index in [0.717, 1.165) is 19.3 Å². The Morgan fingerprint density at radius 3 is 2.33 bits per heavy atom. The summed E-state index contributed by atoms with van der Waals surface area (Å²) < 4.78 is 0. The molecule has 0 aliphatic heterocycles. The molecule has 2 saturated carbocycles. The number of amides is 2. The lowest BCUT2D eigenvalue weighted by Gasteiger charge is -2.50. The molecule has 0 heterocycles. The number of nitrogens with zero attached hydrogens (tertiary/aromatic N) is 2. The number of nitrogens with one attached hydrogen (secondary N) is 2. The van der Waals surface area contributed by atoms with Crippen LogP contribution in [0.4, 0.5) is 11.4 Å². The van der Waals surface area contributed by atoms with Crippen molar-refractivity contribution in [3.63, 3.8) is 0 Å². The number of ketones is 2. The average Bonchev–Trinajstić information content (AvgIpc) is 2.86. The number of hydrogen-bond donors (Lipinski definition) is 7. The number of carbonyl (C=O) groups excluding carboxylic acids is 4. The molecule has 3 unspecified atom stereocenters. The number of phenolic OH excluding ortho intramolecular Hbond substituents is 1. The highest BCUT2D eigenvalue weighted by Gasteiger charge is 2.64. The first-order valence-electron chi connectivity index (χ1n) is 13.9. The number of anilines is 2. The predicted molar refractivity (Wildman–Crippen MR) is 153 cm³/mol. The molecule has 42 heavy (non-hydrogen) atoms. The van der Waals surface area contributed by atoms with Crippen molar-refractivity contribution in [3.05, 3.63) is 34.1 Å². The molecule has 1 aromatic rings. The van der Waals surface area contributed by atoms with E-state index in [1.54, 1.807) is 39.2 Å². The number of phenols is 1. The molecular weight excluding hydrogens is 546 g/mol. The van der Waals surface area contributed by atoms with E-state index in [1.807, 2.05) is 0 Å². The molecule has 1 aromatic carbocycles. The maximum atomic E-state index is 14.1. The number of Topliss-reactive ketones (excluding diaryl/α,β-unsaturated/α-hetero) is 2. The topological polar surface area (TPSA) is 206 Å². The minimum absolute atomic E-state index is 0.00921. The van der Waals surface area contributed by atoms with Crippen LogP contribution in [0.2, 0.25) is 0 Å². The van der Waals surface area contributed by atoms with E-state index >= 15 is 0 Å². The molecule has 2 fully saturated rings. The second kappa shape index (κ2) is 10.4. The lowest BCUT2D eigenvalue weighted by atomic mass is 9.57. The summed E-state index contributed by atoms with van der Waals surface area (Å²) in [5.41, 5.74) is 2.56. The Morgan fingerprint density at radius 1 is 1.12 bits per heavy atom. The van der Waals surface area contributed by atoms with Gasteiger partial charge in [-0.1, -0.05) is 6.42 Å². The van der Waals surface area contributed by atoms with E-state index in [1.165, 1.54) is 4.90 Å². The van der Waals surface area contributed by atoms with E-state index in [0.29, 0.717) is 11.3 Å². The number of aromatic hydroxyl groups is 1. The highest BCUT2D eigenvalue weighted by Crippen LogP contribution is 2.54. The normalized spacial score (nSPS) is 27.3. The van der Waals surface area contributed by atoms with E-state index in [2.05, 4.69) is 10.6 Å². The number of hydrogen-bond acceptors (Lipinski definition) is 11. The Morgan fingerprint density at radius 2 is 1.79 bits per heavy atom. The fraction of sp³-hybridized carbons (Fsp3) is 0.517. The van der Waals surface area contributed by atoms with Gasteiger partial charge in [0.05, 0.1) is 23.8 Å².